The molecule has 0 aliphatic carbocycles. The molecule has 4 heteroatoms. The number of benzene rings is 3. The lowest BCUT2D eigenvalue weighted by atomic mass is 9.98. The Morgan fingerprint density at radius 2 is 1.71 bits per heavy atom. The van der Waals surface area contributed by atoms with E-state index in [1.807, 2.05) is 74.6 Å². The first kappa shape index (κ1) is 19.0. The van der Waals surface area contributed by atoms with Gasteiger partial charge >= 0.3 is 0 Å². The van der Waals surface area contributed by atoms with Gasteiger partial charge in [-0.15, -0.1) is 0 Å². The van der Waals surface area contributed by atoms with Gasteiger partial charge in [0.2, 0.25) is 11.9 Å². The summed E-state index contributed by atoms with van der Waals surface area (Å²) in [4.78, 5) is 3.81. The van der Waals surface area contributed by atoms with E-state index in [0.29, 0.717) is 22.4 Å². The highest BCUT2D eigenvalue weighted by atomic mass is 19.1. The highest BCUT2D eigenvalue weighted by Gasteiger charge is 2.23. The highest BCUT2D eigenvalue weighted by Crippen LogP contribution is 2.43. The lowest BCUT2D eigenvalue weighted by Crippen LogP contribution is -2.31. The molecule has 3 nitrogen and oxygen atoms in total. The van der Waals surface area contributed by atoms with Gasteiger partial charge in [-0.2, -0.15) is 4.57 Å². The Labute approximate surface area is 179 Å². The molecule has 0 spiro atoms. The minimum Gasteiger partial charge on any atom is -0.457 e. The molecule has 3 aromatic carbocycles. The van der Waals surface area contributed by atoms with Crippen molar-refractivity contribution in [2.45, 2.75) is 13.8 Å². The third-order valence-electron chi connectivity index (χ3n) is 5.83. The Morgan fingerprint density at radius 1 is 0.935 bits per heavy atom. The topological polar surface area (TPSA) is 21.4 Å². The van der Waals surface area contributed by atoms with Crippen LogP contribution in [0.2, 0.25) is 0 Å². The molecule has 5 rings (SSSR count). The fourth-order valence-electron chi connectivity index (χ4n) is 4.22. The quantitative estimate of drug-likeness (QED) is 0.227. The van der Waals surface area contributed by atoms with Gasteiger partial charge in [0.25, 0.3) is 0 Å². The van der Waals surface area contributed by atoms with Crippen LogP contribution < -0.4 is 4.57 Å². The lowest BCUT2D eigenvalue weighted by molar-refractivity contribution is -0.662. The maximum absolute atomic E-state index is 14.1. The van der Waals surface area contributed by atoms with Crippen LogP contribution in [0.4, 0.5) is 10.1 Å². The highest BCUT2D eigenvalue weighted by molar-refractivity contribution is 6.16. The Bertz CT molecular complexity index is 1530. The van der Waals surface area contributed by atoms with E-state index in [9.17, 15) is 4.39 Å². The lowest BCUT2D eigenvalue weighted by Gasteiger charge is -2.07. The zero-order valence-electron chi connectivity index (χ0n) is 17.5. The van der Waals surface area contributed by atoms with Gasteiger partial charge < -0.3 is 4.42 Å². The molecule has 0 saturated heterocycles. The van der Waals surface area contributed by atoms with E-state index >= 15 is 0 Å². The molecule has 0 N–H and O–H groups in total. The summed E-state index contributed by atoms with van der Waals surface area (Å²) in [7, 11) is 1.83. The zero-order valence-corrected chi connectivity index (χ0v) is 17.5. The van der Waals surface area contributed by atoms with Crippen LogP contribution in [0.15, 0.2) is 71.3 Å². The van der Waals surface area contributed by atoms with Crippen molar-refractivity contribution in [3.63, 3.8) is 0 Å². The monoisotopic (exact) mass is 407 g/mol. The molecule has 0 unspecified atom stereocenters. The summed E-state index contributed by atoms with van der Waals surface area (Å²) in [6, 6.07) is 19.8. The summed E-state index contributed by atoms with van der Waals surface area (Å²) >= 11 is 0. The molecular formula is C27H20FN2O+. The first-order valence-electron chi connectivity index (χ1n) is 10.1. The number of nitrogens with zero attached hydrogens (tertiary/aromatic N) is 2. The van der Waals surface area contributed by atoms with Crippen molar-refractivity contribution in [3.8, 4) is 22.4 Å². The van der Waals surface area contributed by atoms with Crippen LogP contribution in [0.3, 0.4) is 0 Å². The smallest absolute Gasteiger partial charge is 0.216 e. The molecule has 2 aromatic heterocycles. The van der Waals surface area contributed by atoms with Gasteiger partial charge in [-0.3, -0.25) is 0 Å². The van der Waals surface area contributed by atoms with Crippen molar-refractivity contribution >= 4 is 27.6 Å². The van der Waals surface area contributed by atoms with Crippen molar-refractivity contribution in [2.24, 2.45) is 7.05 Å². The Hall–Kier alpha value is -3.97. The number of furan rings is 1. The van der Waals surface area contributed by atoms with Gasteiger partial charge in [-0.1, -0.05) is 42.5 Å². The molecule has 0 aliphatic heterocycles. The molecular weight excluding hydrogens is 387 g/mol. The van der Waals surface area contributed by atoms with E-state index in [0.717, 1.165) is 38.7 Å². The Balaban J connectivity index is 1.87. The third-order valence-corrected chi connectivity index (χ3v) is 5.83. The van der Waals surface area contributed by atoms with E-state index in [-0.39, 0.29) is 5.82 Å². The summed E-state index contributed by atoms with van der Waals surface area (Å²) in [5.41, 5.74) is 7.32. The molecule has 31 heavy (non-hydrogen) atoms. The Kier molecular flexibility index (Phi) is 4.34. The number of rotatable bonds is 2. The second-order valence-electron chi connectivity index (χ2n) is 7.88. The fourth-order valence-corrected chi connectivity index (χ4v) is 4.22. The molecule has 0 radical (unpaired) electrons. The summed E-state index contributed by atoms with van der Waals surface area (Å²) in [5, 5.41) is 1.70. The van der Waals surface area contributed by atoms with Crippen molar-refractivity contribution in [1.82, 2.24) is 0 Å². The summed E-state index contributed by atoms with van der Waals surface area (Å²) in [5.74, 6) is -0.247. The fraction of sp³-hybridized carbons (Fsp3) is 0.111. The number of aromatic nitrogens is 1. The normalized spacial score (nSPS) is 11.2. The predicted octanol–water partition coefficient (Wildman–Crippen LogP) is 7.05. The summed E-state index contributed by atoms with van der Waals surface area (Å²) in [6.45, 7) is 11.6. The number of fused-ring (bicyclic) bond motifs is 3. The largest absolute Gasteiger partial charge is 0.457 e. The maximum Gasteiger partial charge on any atom is 0.216 e. The SMILES string of the molecule is [C-]#[N+]c1cc(-c2ccccc2)cc2oc3c(-c4cc(C)c(F)c[n+]4C)c(C)ccc3c12. The van der Waals surface area contributed by atoms with Gasteiger partial charge in [-0.05, 0) is 48.2 Å². The molecule has 0 aliphatic rings. The minimum atomic E-state index is -0.247. The van der Waals surface area contributed by atoms with Crippen LogP contribution in [0.25, 0.3) is 49.2 Å². The number of pyridine rings is 1. The molecule has 5 aromatic rings. The maximum atomic E-state index is 14.1. The molecule has 0 atom stereocenters. The van der Waals surface area contributed by atoms with E-state index in [4.69, 9.17) is 11.0 Å². The van der Waals surface area contributed by atoms with Crippen LogP contribution in [-0.4, -0.2) is 0 Å². The van der Waals surface area contributed by atoms with Crippen molar-refractivity contribution in [3.05, 3.63) is 95.2 Å². The van der Waals surface area contributed by atoms with Crippen LogP contribution in [0, 0.1) is 26.2 Å². The Morgan fingerprint density at radius 3 is 2.45 bits per heavy atom. The molecule has 0 fully saturated rings. The van der Waals surface area contributed by atoms with Crippen LogP contribution in [0.5, 0.6) is 0 Å². The molecule has 0 amide bonds. The van der Waals surface area contributed by atoms with Gasteiger partial charge in [0, 0.05) is 16.8 Å². The van der Waals surface area contributed by atoms with E-state index < -0.39 is 0 Å². The average molecular weight is 407 g/mol. The second kappa shape index (κ2) is 7.07. The van der Waals surface area contributed by atoms with Gasteiger partial charge in [-0.25, -0.2) is 9.24 Å². The summed E-state index contributed by atoms with van der Waals surface area (Å²) in [6.07, 6.45) is 1.49. The van der Waals surface area contributed by atoms with Crippen LogP contribution >= 0.6 is 0 Å². The molecule has 150 valence electrons. The van der Waals surface area contributed by atoms with Gasteiger partial charge in [0.1, 0.15) is 18.2 Å². The van der Waals surface area contributed by atoms with Crippen LogP contribution in [0.1, 0.15) is 11.1 Å². The second-order valence-corrected chi connectivity index (χ2v) is 7.88. The minimum absolute atomic E-state index is 0.247. The number of hydrogen-bond donors (Lipinski definition) is 0. The average Bonchev–Trinajstić information content (AvgIpc) is 3.15. The summed E-state index contributed by atoms with van der Waals surface area (Å²) < 4.78 is 22.3. The number of halogens is 1. The van der Waals surface area contributed by atoms with Crippen molar-refractivity contribution in [2.75, 3.05) is 0 Å². The molecule has 0 bridgehead atoms. The number of hydrogen-bond acceptors (Lipinski definition) is 1. The van der Waals surface area contributed by atoms with Crippen LogP contribution in [-0.2, 0) is 7.05 Å². The van der Waals surface area contributed by atoms with Gasteiger partial charge in [0.15, 0.2) is 11.5 Å². The first-order valence-corrected chi connectivity index (χ1v) is 10.1. The standard InChI is InChI=1S/C27H20FN2O/c1-16-10-11-20-26-22(29-3)13-19(18-8-6-5-7-9-18)14-24(26)31-27(20)25(16)23-12-17(2)21(28)15-30(23)4/h5-15H,1-2,4H3/q+1. The van der Waals surface area contributed by atoms with E-state index in [1.165, 1.54) is 6.20 Å². The molecule has 0 saturated carbocycles. The van der Waals surface area contributed by atoms with Gasteiger partial charge in [0.05, 0.1) is 12.1 Å². The molecule has 2 heterocycles. The van der Waals surface area contributed by atoms with E-state index in [1.54, 1.807) is 11.5 Å². The zero-order chi connectivity index (χ0) is 21.7. The van der Waals surface area contributed by atoms with E-state index in [2.05, 4.69) is 4.85 Å². The third kappa shape index (κ3) is 2.98. The first-order chi connectivity index (χ1) is 15.0. The predicted molar refractivity (Wildman–Crippen MR) is 121 cm³/mol. The van der Waals surface area contributed by atoms with Crippen molar-refractivity contribution < 1.29 is 13.4 Å². The van der Waals surface area contributed by atoms with Crippen molar-refractivity contribution in [1.29, 1.82) is 0 Å². The number of aryl methyl sites for hydroxylation is 3.